The van der Waals surface area contributed by atoms with Gasteiger partial charge in [0.15, 0.2) is 0 Å². The number of nitrogens with zero attached hydrogens (tertiary/aromatic N) is 1. The topological polar surface area (TPSA) is 76.1 Å². The lowest BCUT2D eigenvalue weighted by molar-refractivity contribution is -0.274. The quantitative estimate of drug-likeness (QED) is 0.372. The molecule has 1 aliphatic heterocycles. The molecule has 1 saturated carbocycles. The molecular weight excluding hydrogens is 535 g/mol. The van der Waals surface area contributed by atoms with Crippen LogP contribution in [0.5, 0.6) is 11.5 Å². The fourth-order valence-corrected chi connectivity index (χ4v) is 7.65. The van der Waals surface area contributed by atoms with Crippen molar-refractivity contribution in [3.05, 3.63) is 101 Å². The largest absolute Gasteiger partial charge is 0.573 e. The third kappa shape index (κ3) is 4.17. The highest BCUT2D eigenvalue weighted by Crippen LogP contribution is 2.69. The molecule has 4 aliphatic rings. The predicted octanol–water partition coefficient (Wildman–Crippen LogP) is 6.01. The number of likely N-dealkylation sites (tertiary alicyclic amines) is 1. The van der Waals surface area contributed by atoms with Crippen LogP contribution in [-0.2, 0) is 15.0 Å². The van der Waals surface area contributed by atoms with Crippen LogP contribution in [0.15, 0.2) is 78.9 Å². The fourth-order valence-electron chi connectivity index (χ4n) is 7.65. The number of methoxy groups -OCH3 is 1. The number of carboxylic acids is 1. The van der Waals surface area contributed by atoms with Crippen molar-refractivity contribution in [2.24, 2.45) is 11.3 Å². The summed E-state index contributed by atoms with van der Waals surface area (Å²) in [5, 5.41) is 10.8. The second-order valence-corrected chi connectivity index (χ2v) is 10.9. The van der Waals surface area contributed by atoms with E-state index in [9.17, 15) is 27.9 Å². The van der Waals surface area contributed by atoms with Crippen LogP contribution >= 0.6 is 0 Å². The number of hydrogen-bond acceptors (Lipinski definition) is 4. The summed E-state index contributed by atoms with van der Waals surface area (Å²) in [6.45, 7) is 0.241. The average molecular weight is 564 g/mol. The Morgan fingerprint density at radius 1 is 1.02 bits per heavy atom. The Balaban J connectivity index is 1.42. The van der Waals surface area contributed by atoms with E-state index in [0.29, 0.717) is 24.2 Å². The van der Waals surface area contributed by atoms with Gasteiger partial charge in [0, 0.05) is 42.0 Å². The number of rotatable bonds is 6. The lowest BCUT2D eigenvalue weighted by Gasteiger charge is -2.59. The van der Waals surface area contributed by atoms with Crippen molar-refractivity contribution in [2.75, 3.05) is 20.2 Å². The molecule has 0 aromatic heterocycles. The zero-order valence-corrected chi connectivity index (χ0v) is 22.2. The zero-order valence-electron chi connectivity index (χ0n) is 22.2. The molecule has 41 heavy (non-hydrogen) atoms. The Labute approximate surface area is 235 Å². The fraction of sp³-hybridized carbons (Fsp3) is 0.312. The molecule has 6 nitrogen and oxygen atoms in total. The van der Waals surface area contributed by atoms with Gasteiger partial charge in [-0.2, -0.15) is 0 Å². The summed E-state index contributed by atoms with van der Waals surface area (Å²) in [7, 11) is 1.55. The summed E-state index contributed by atoms with van der Waals surface area (Å²) in [4.78, 5) is 28.4. The number of benzene rings is 3. The van der Waals surface area contributed by atoms with Crippen LogP contribution in [0.25, 0.3) is 6.08 Å². The number of carboxylic acid groups (broad SMARTS) is 1. The first-order chi connectivity index (χ1) is 19.6. The number of aliphatic carboxylic acids is 1. The lowest BCUT2D eigenvalue weighted by Crippen LogP contribution is -2.60. The van der Waals surface area contributed by atoms with Gasteiger partial charge in [-0.25, -0.2) is 0 Å². The van der Waals surface area contributed by atoms with Crippen molar-refractivity contribution in [3.63, 3.8) is 0 Å². The number of ether oxygens (including phenoxy) is 2. The molecule has 2 fully saturated rings. The molecule has 0 spiro atoms. The molecule has 3 aromatic carbocycles. The van der Waals surface area contributed by atoms with Gasteiger partial charge in [0.1, 0.15) is 11.5 Å². The molecule has 1 saturated heterocycles. The number of para-hydroxylation sites is 1. The number of fused-ring (bicyclic) bond motifs is 1. The average Bonchev–Trinajstić information content (AvgIpc) is 3.40. The van der Waals surface area contributed by atoms with Gasteiger partial charge in [0.25, 0.3) is 0 Å². The summed E-state index contributed by atoms with van der Waals surface area (Å²) in [6.07, 6.45) is -0.519. The van der Waals surface area contributed by atoms with Gasteiger partial charge in [0.05, 0.1) is 12.5 Å². The minimum absolute atomic E-state index is 0.0398. The molecule has 3 aromatic rings. The van der Waals surface area contributed by atoms with Gasteiger partial charge in [0.2, 0.25) is 5.91 Å². The highest BCUT2D eigenvalue weighted by atomic mass is 19.4. The van der Waals surface area contributed by atoms with Crippen molar-refractivity contribution in [3.8, 4) is 11.5 Å². The van der Waals surface area contributed by atoms with Crippen molar-refractivity contribution in [1.82, 2.24) is 4.90 Å². The molecule has 1 heterocycles. The number of amides is 1. The van der Waals surface area contributed by atoms with E-state index >= 15 is 0 Å². The summed E-state index contributed by atoms with van der Waals surface area (Å²) >= 11 is 0. The van der Waals surface area contributed by atoms with Crippen molar-refractivity contribution in [2.45, 2.75) is 30.5 Å². The maximum absolute atomic E-state index is 13.5. The van der Waals surface area contributed by atoms with Crippen molar-refractivity contribution >= 4 is 18.0 Å². The summed E-state index contributed by atoms with van der Waals surface area (Å²) in [5.41, 5.74) is 1.28. The first-order valence-corrected chi connectivity index (χ1v) is 13.4. The SMILES string of the molecule is COc1ccccc1/C=C/C(=O)N1C[C@H]2[C@]3(c4ccc(OC(F)(F)F)cc4)CC[C@@H](c4ccccc43)[C@@]2(C(=O)O)C1. The molecule has 2 bridgehead atoms. The maximum Gasteiger partial charge on any atom is 0.573 e. The Kier molecular flexibility index (Phi) is 6.36. The lowest BCUT2D eigenvalue weighted by atomic mass is 9.42. The Bertz CT molecular complexity index is 1530. The number of carbonyl (C=O) groups is 2. The van der Waals surface area contributed by atoms with Gasteiger partial charge < -0.3 is 19.5 Å². The molecule has 0 radical (unpaired) electrons. The first kappa shape index (κ1) is 26.9. The molecule has 1 amide bonds. The van der Waals surface area contributed by atoms with Crippen LogP contribution in [0.2, 0.25) is 0 Å². The third-order valence-electron chi connectivity index (χ3n) is 9.20. The second kappa shape index (κ2) is 9.68. The number of carbonyl (C=O) groups excluding carboxylic acids is 1. The van der Waals surface area contributed by atoms with E-state index in [1.807, 2.05) is 42.5 Å². The molecule has 4 atom stereocenters. The molecule has 0 unspecified atom stereocenters. The summed E-state index contributed by atoms with van der Waals surface area (Å²) < 4.78 is 48.0. The minimum Gasteiger partial charge on any atom is -0.496 e. The predicted molar refractivity (Wildman–Crippen MR) is 144 cm³/mol. The van der Waals surface area contributed by atoms with Gasteiger partial charge in [-0.1, -0.05) is 54.6 Å². The van der Waals surface area contributed by atoms with E-state index in [1.165, 1.54) is 18.2 Å². The highest BCUT2D eigenvalue weighted by Gasteiger charge is 2.70. The van der Waals surface area contributed by atoms with Crippen LogP contribution in [0.4, 0.5) is 13.2 Å². The van der Waals surface area contributed by atoms with Crippen LogP contribution in [0.3, 0.4) is 0 Å². The normalized spacial score (nSPS) is 26.5. The van der Waals surface area contributed by atoms with E-state index in [4.69, 9.17) is 4.74 Å². The van der Waals surface area contributed by atoms with Crippen molar-refractivity contribution < 1.29 is 37.3 Å². The second-order valence-electron chi connectivity index (χ2n) is 10.9. The maximum atomic E-state index is 13.5. The van der Waals surface area contributed by atoms with Gasteiger partial charge in [-0.15, -0.1) is 13.2 Å². The standard InChI is InChI=1S/C32H28F3NO5/c1-40-26-9-5-2-6-20(26)10-15-28(37)36-18-27-30(21-11-13-22(14-12-21)41-32(33,34)35)17-16-25(31(27,19-36)29(38)39)23-7-3-4-8-24(23)30/h2-15,25,27H,16-19H2,1H3,(H,38,39)/b15-10+/t25-,27-,30-,31-/m0/s1. The molecular formula is C32H28F3NO5. The summed E-state index contributed by atoms with van der Waals surface area (Å²) in [5.74, 6) is -1.79. The van der Waals surface area contributed by atoms with Gasteiger partial charge in [-0.3, -0.25) is 9.59 Å². The van der Waals surface area contributed by atoms with E-state index in [2.05, 4.69) is 4.74 Å². The van der Waals surface area contributed by atoms with Crippen LogP contribution in [0, 0.1) is 11.3 Å². The van der Waals surface area contributed by atoms with Crippen LogP contribution < -0.4 is 9.47 Å². The van der Waals surface area contributed by atoms with Gasteiger partial charge in [-0.05, 0) is 53.8 Å². The third-order valence-corrected chi connectivity index (χ3v) is 9.20. The van der Waals surface area contributed by atoms with Crippen LogP contribution in [-0.4, -0.2) is 48.4 Å². The van der Waals surface area contributed by atoms with E-state index in [-0.39, 0.29) is 30.7 Å². The number of hydrogen-bond donors (Lipinski definition) is 1. The zero-order chi connectivity index (χ0) is 29.0. The first-order valence-electron chi connectivity index (χ1n) is 13.4. The number of alkyl halides is 3. The Hall–Kier alpha value is -4.27. The summed E-state index contributed by atoms with van der Waals surface area (Å²) in [6, 6.07) is 20.7. The minimum atomic E-state index is -4.82. The van der Waals surface area contributed by atoms with E-state index in [1.54, 1.807) is 36.3 Å². The van der Waals surface area contributed by atoms with Crippen LogP contribution in [0.1, 0.15) is 41.0 Å². The molecule has 3 aliphatic carbocycles. The van der Waals surface area contributed by atoms with E-state index < -0.39 is 29.1 Å². The molecule has 212 valence electrons. The molecule has 9 heteroatoms. The Morgan fingerprint density at radius 2 is 1.73 bits per heavy atom. The highest BCUT2D eigenvalue weighted by molar-refractivity contribution is 5.93. The van der Waals surface area contributed by atoms with Gasteiger partial charge >= 0.3 is 12.3 Å². The monoisotopic (exact) mass is 563 g/mol. The Morgan fingerprint density at radius 3 is 2.44 bits per heavy atom. The smallest absolute Gasteiger partial charge is 0.496 e. The molecule has 1 N–H and O–H groups in total. The van der Waals surface area contributed by atoms with Crippen molar-refractivity contribution in [1.29, 1.82) is 0 Å². The van der Waals surface area contributed by atoms with E-state index in [0.717, 1.165) is 16.7 Å². The number of halogens is 3. The molecule has 7 rings (SSSR count).